The summed E-state index contributed by atoms with van der Waals surface area (Å²) in [5.74, 6) is -0.263. The highest BCUT2D eigenvalue weighted by atomic mass is 16.2. The third-order valence-corrected chi connectivity index (χ3v) is 2.60. The molecule has 0 rings (SSSR count). The van der Waals surface area contributed by atoms with Gasteiger partial charge in [-0.2, -0.15) is 0 Å². The molecule has 6 heteroatoms. The lowest BCUT2D eigenvalue weighted by Gasteiger charge is -2.22. The molecule has 0 radical (unpaired) electrons. The summed E-state index contributed by atoms with van der Waals surface area (Å²) >= 11 is 0. The van der Waals surface area contributed by atoms with Crippen LogP contribution in [0.1, 0.15) is 20.3 Å². The molecule has 0 saturated heterocycles. The highest BCUT2D eigenvalue weighted by Crippen LogP contribution is 2.02. The average Bonchev–Trinajstić information content (AvgIpc) is 2.31. The predicted octanol–water partition coefficient (Wildman–Crippen LogP) is -0.972. The number of hydrogen-bond donors (Lipinski definition) is 4. The van der Waals surface area contributed by atoms with Gasteiger partial charge in [-0.05, 0) is 20.0 Å². The van der Waals surface area contributed by atoms with E-state index in [9.17, 15) is 9.59 Å². The quantitative estimate of drug-likeness (QED) is 0.434. The second kappa shape index (κ2) is 8.03. The molecule has 0 saturated carbocycles. The standard InChI is InChI=1S/C11H24N4O2/c1-7(2)10(11(17)14-5)15-9(16)6-8(12-3)13-4/h7-8,10,12-13H,6H2,1-5H3,(H,14,17)(H,15,16). The maximum atomic E-state index is 11.7. The Balaban J connectivity index is 4.36. The fourth-order valence-electron chi connectivity index (χ4n) is 1.46. The monoisotopic (exact) mass is 244 g/mol. The van der Waals surface area contributed by atoms with Crippen molar-refractivity contribution in [2.75, 3.05) is 21.1 Å². The molecule has 0 aliphatic heterocycles. The molecule has 0 aromatic carbocycles. The average molecular weight is 244 g/mol. The highest BCUT2D eigenvalue weighted by Gasteiger charge is 2.23. The number of amides is 2. The molecule has 17 heavy (non-hydrogen) atoms. The third kappa shape index (κ3) is 5.65. The molecule has 0 aromatic heterocycles. The van der Waals surface area contributed by atoms with Crippen molar-refractivity contribution in [1.29, 1.82) is 0 Å². The summed E-state index contributed by atoms with van der Waals surface area (Å²) < 4.78 is 0. The van der Waals surface area contributed by atoms with Gasteiger partial charge in [-0.15, -0.1) is 0 Å². The molecule has 0 bridgehead atoms. The summed E-state index contributed by atoms with van der Waals surface area (Å²) in [6.07, 6.45) is 0.195. The van der Waals surface area contributed by atoms with Gasteiger partial charge < -0.3 is 21.3 Å². The fourth-order valence-corrected chi connectivity index (χ4v) is 1.46. The van der Waals surface area contributed by atoms with Crippen LogP contribution in [0.2, 0.25) is 0 Å². The maximum Gasteiger partial charge on any atom is 0.242 e. The molecule has 2 amide bonds. The molecular formula is C11H24N4O2. The molecule has 6 nitrogen and oxygen atoms in total. The molecular weight excluding hydrogens is 220 g/mol. The molecule has 1 atom stereocenters. The van der Waals surface area contributed by atoms with Crippen molar-refractivity contribution < 1.29 is 9.59 Å². The lowest BCUT2D eigenvalue weighted by atomic mass is 10.0. The Labute approximate surface area is 103 Å². The minimum absolute atomic E-state index is 0.0570. The van der Waals surface area contributed by atoms with Gasteiger partial charge in [0.2, 0.25) is 11.8 Å². The molecule has 1 unspecified atom stereocenters. The Kier molecular flexibility index (Phi) is 7.49. The van der Waals surface area contributed by atoms with Crippen LogP contribution in [-0.4, -0.2) is 45.2 Å². The summed E-state index contributed by atoms with van der Waals surface area (Å²) in [6.45, 7) is 3.79. The van der Waals surface area contributed by atoms with E-state index in [1.165, 1.54) is 0 Å². The maximum absolute atomic E-state index is 11.7. The fraction of sp³-hybridized carbons (Fsp3) is 0.818. The Morgan fingerprint density at radius 2 is 1.59 bits per heavy atom. The molecule has 100 valence electrons. The van der Waals surface area contributed by atoms with Crippen LogP contribution in [0.15, 0.2) is 0 Å². The lowest BCUT2D eigenvalue weighted by Crippen LogP contribution is -2.51. The number of carbonyl (C=O) groups is 2. The SMILES string of the molecule is CNC(=O)C(NC(=O)CC(NC)NC)C(C)C. The van der Waals surface area contributed by atoms with Crippen molar-refractivity contribution >= 4 is 11.8 Å². The van der Waals surface area contributed by atoms with E-state index in [2.05, 4.69) is 21.3 Å². The van der Waals surface area contributed by atoms with Crippen molar-refractivity contribution in [3.63, 3.8) is 0 Å². The van der Waals surface area contributed by atoms with Crippen molar-refractivity contribution in [3.8, 4) is 0 Å². The van der Waals surface area contributed by atoms with Crippen LogP contribution in [0.25, 0.3) is 0 Å². The zero-order valence-electron chi connectivity index (χ0n) is 11.3. The molecule has 0 aromatic rings. The Bertz CT molecular complexity index is 252. The van der Waals surface area contributed by atoms with Gasteiger partial charge in [-0.25, -0.2) is 0 Å². The van der Waals surface area contributed by atoms with Gasteiger partial charge in [-0.3, -0.25) is 9.59 Å². The molecule has 0 heterocycles. The lowest BCUT2D eigenvalue weighted by molar-refractivity contribution is -0.130. The largest absolute Gasteiger partial charge is 0.357 e. The minimum atomic E-state index is -0.484. The highest BCUT2D eigenvalue weighted by molar-refractivity contribution is 5.87. The second-order valence-electron chi connectivity index (χ2n) is 4.24. The zero-order chi connectivity index (χ0) is 13.4. The topological polar surface area (TPSA) is 82.3 Å². The van der Waals surface area contributed by atoms with Crippen molar-refractivity contribution in [2.45, 2.75) is 32.5 Å². The second-order valence-corrected chi connectivity index (χ2v) is 4.24. The van der Waals surface area contributed by atoms with Crippen LogP contribution < -0.4 is 21.3 Å². The van der Waals surface area contributed by atoms with Crippen LogP contribution in [-0.2, 0) is 9.59 Å². The number of carbonyl (C=O) groups excluding carboxylic acids is 2. The van der Waals surface area contributed by atoms with Crippen LogP contribution in [0.3, 0.4) is 0 Å². The van der Waals surface area contributed by atoms with E-state index < -0.39 is 6.04 Å². The summed E-state index contributed by atoms with van der Waals surface area (Å²) in [4.78, 5) is 23.3. The van der Waals surface area contributed by atoms with Crippen molar-refractivity contribution in [2.24, 2.45) is 5.92 Å². The number of likely N-dealkylation sites (N-methyl/N-ethyl adjacent to an activating group) is 1. The Hall–Kier alpha value is -1.14. The van der Waals surface area contributed by atoms with Gasteiger partial charge in [0, 0.05) is 7.05 Å². The van der Waals surface area contributed by atoms with E-state index in [1.807, 2.05) is 13.8 Å². The molecule has 0 aliphatic carbocycles. The van der Waals surface area contributed by atoms with Crippen molar-refractivity contribution in [3.05, 3.63) is 0 Å². The van der Waals surface area contributed by atoms with E-state index in [-0.39, 0.29) is 30.3 Å². The van der Waals surface area contributed by atoms with Gasteiger partial charge in [-0.1, -0.05) is 13.8 Å². The van der Waals surface area contributed by atoms with E-state index in [1.54, 1.807) is 21.1 Å². The number of nitrogens with one attached hydrogen (secondary N) is 4. The number of hydrogen-bond acceptors (Lipinski definition) is 4. The van der Waals surface area contributed by atoms with Crippen LogP contribution in [0, 0.1) is 5.92 Å². The summed E-state index contributed by atoms with van der Waals surface area (Å²) in [5, 5.41) is 11.2. The predicted molar refractivity (Wildman–Crippen MR) is 67.4 cm³/mol. The van der Waals surface area contributed by atoms with Crippen LogP contribution >= 0.6 is 0 Å². The summed E-state index contributed by atoms with van der Waals surface area (Å²) in [6, 6.07) is -0.484. The van der Waals surface area contributed by atoms with E-state index in [0.29, 0.717) is 0 Å². The first kappa shape index (κ1) is 15.9. The summed E-state index contributed by atoms with van der Waals surface area (Å²) in [7, 11) is 5.11. The first-order chi connectivity index (χ1) is 7.96. The van der Waals surface area contributed by atoms with Gasteiger partial charge in [0.25, 0.3) is 0 Å². The zero-order valence-corrected chi connectivity index (χ0v) is 11.3. The Morgan fingerprint density at radius 1 is 1.06 bits per heavy atom. The van der Waals surface area contributed by atoms with Crippen LogP contribution in [0.4, 0.5) is 0 Å². The molecule has 0 aliphatic rings. The summed E-state index contributed by atoms with van der Waals surface area (Å²) in [5.41, 5.74) is 0. The first-order valence-corrected chi connectivity index (χ1v) is 5.81. The van der Waals surface area contributed by atoms with Crippen LogP contribution in [0.5, 0.6) is 0 Å². The van der Waals surface area contributed by atoms with Gasteiger partial charge in [0.05, 0.1) is 12.6 Å². The Morgan fingerprint density at radius 3 is 1.94 bits per heavy atom. The van der Waals surface area contributed by atoms with E-state index >= 15 is 0 Å². The van der Waals surface area contributed by atoms with Gasteiger partial charge in [0.1, 0.15) is 6.04 Å². The smallest absolute Gasteiger partial charge is 0.242 e. The van der Waals surface area contributed by atoms with E-state index in [4.69, 9.17) is 0 Å². The molecule has 4 N–H and O–H groups in total. The molecule has 0 fully saturated rings. The van der Waals surface area contributed by atoms with Gasteiger partial charge >= 0.3 is 0 Å². The molecule has 0 spiro atoms. The van der Waals surface area contributed by atoms with Crippen molar-refractivity contribution in [1.82, 2.24) is 21.3 Å². The number of rotatable bonds is 7. The minimum Gasteiger partial charge on any atom is -0.357 e. The normalized spacial score (nSPS) is 12.6. The first-order valence-electron chi connectivity index (χ1n) is 5.81. The van der Waals surface area contributed by atoms with E-state index in [0.717, 1.165) is 0 Å². The third-order valence-electron chi connectivity index (χ3n) is 2.60. The van der Waals surface area contributed by atoms with Gasteiger partial charge in [0.15, 0.2) is 0 Å².